The van der Waals surface area contributed by atoms with Gasteiger partial charge in [0.2, 0.25) is 0 Å². The first-order chi connectivity index (χ1) is 4.95. The van der Waals surface area contributed by atoms with Gasteiger partial charge in [-0.2, -0.15) is 0 Å². The molecule has 0 bridgehead atoms. The molecule has 2 nitrogen and oxygen atoms in total. The van der Waals surface area contributed by atoms with Crippen molar-refractivity contribution in [3.8, 4) is 0 Å². The highest BCUT2D eigenvalue weighted by molar-refractivity contribution is 4.69. The average molecular weight is 159 g/mol. The van der Waals surface area contributed by atoms with Gasteiger partial charge in [0.25, 0.3) is 0 Å². The Morgan fingerprint density at radius 3 is 1.45 bits per heavy atom. The molecule has 0 heterocycles. The van der Waals surface area contributed by atoms with Crippen LogP contribution in [0.3, 0.4) is 0 Å². The van der Waals surface area contributed by atoms with E-state index in [4.69, 9.17) is 0 Å². The van der Waals surface area contributed by atoms with Crippen molar-refractivity contribution >= 4 is 0 Å². The second kappa shape index (κ2) is 4.73. The van der Waals surface area contributed by atoms with E-state index in [0.717, 1.165) is 6.54 Å². The van der Waals surface area contributed by atoms with Gasteiger partial charge in [-0.3, -0.25) is 4.90 Å². The summed E-state index contributed by atoms with van der Waals surface area (Å²) in [5.41, 5.74) is 0. The van der Waals surface area contributed by atoms with Crippen LogP contribution < -0.4 is 0 Å². The molecule has 0 aliphatic rings. The van der Waals surface area contributed by atoms with Crippen molar-refractivity contribution in [1.29, 1.82) is 0 Å². The Bertz CT molecular complexity index is 91.7. The molecule has 68 valence electrons. The van der Waals surface area contributed by atoms with E-state index < -0.39 is 0 Å². The first-order valence-corrected chi connectivity index (χ1v) is 4.39. The summed E-state index contributed by atoms with van der Waals surface area (Å²) >= 11 is 0. The number of aliphatic hydroxyl groups excluding tert-OH is 1. The van der Waals surface area contributed by atoms with Crippen LogP contribution in [-0.2, 0) is 0 Å². The second-order valence-corrected chi connectivity index (χ2v) is 3.73. The minimum absolute atomic E-state index is 0.222. The van der Waals surface area contributed by atoms with E-state index in [2.05, 4.69) is 32.6 Å². The number of hydrogen-bond acceptors (Lipinski definition) is 2. The topological polar surface area (TPSA) is 23.5 Å². The average Bonchev–Trinajstić information content (AvgIpc) is 1.81. The van der Waals surface area contributed by atoms with Crippen LogP contribution in [0.1, 0.15) is 34.6 Å². The Balaban J connectivity index is 3.90. The van der Waals surface area contributed by atoms with Crippen LogP contribution in [0.15, 0.2) is 0 Å². The predicted molar refractivity (Wildman–Crippen MR) is 48.7 cm³/mol. The molecule has 0 aliphatic heterocycles. The van der Waals surface area contributed by atoms with Gasteiger partial charge in [-0.1, -0.05) is 0 Å². The third-order valence-electron chi connectivity index (χ3n) is 1.80. The molecule has 0 spiro atoms. The minimum Gasteiger partial charge on any atom is -0.392 e. The van der Waals surface area contributed by atoms with Crippen molar-refractivity contribution in [2.24, 2.45) is 0 Å². The lowest BCUT2D eigenvalue weighted by Crippen LogP contribution is -2.41. The fourth-order valence-corrected chi connectivity index (χ4v) is 1.32. The summed E-state index contributed by atoms with van der Waals surface area (Å²) in [6.45, 7) is 11.2. The van der Waals surface area contributed by atoms with Crippen LogP contribution in [0.5, 0.6) is 0 Å². The first-order valence-electron chi connectivity index (χ1n) is 4.39. The Morgan fingerprint density at radius 1 is 1.00 bits per heavy atom. The number of aliphatic hydroxyl groups is 1. The molecule has 0 aromatic heterocycles. The van der Waals surface area contributed by atoms with Crippen LogP contribution >= 0.6 is 0 Å². The number of nitrogens with zero attached hydrogens (tertiary/aromatic N) is 1. The van der Waals surface area contributed by atoms with Crippen molar-refractivity contribution < 1.29 is 5.11 Å². The molecular weight excluding hydrogens is 138 g/mol. The zero-order chi connectivity index (χ0) is 9.02. The van der Waals surface area contributed by atoms with Crippen LogP contribution in [-0.4, -0.2) is 34.7 Å². The van der Waals surface area contributed by atoms with Gasteiger partial charge in [-0.05, 0) is 34.6 Å². The third kappa shape index (κ3) is 4.38. The maximum atomic E-state index is 9.18. The summed E-state index contributed by atoms with van der Waals surface area (Å²) in [6.07, 6.45) is -0.222. The molecule has 2 heteroatoms. The predicted octanol–water partition coefficient (Wildman–Crippen LogP) is 1.49. The molecule has 0 saturated heterocycles. The number of rotatable bonds is 4. The molecule has 0 aromatic rings. The van der Waals surface area contributed by atoms with Gasteiger partial charge in [0.15, 0.2) is 0 Å². The van der Waals surface area contributed by atoms with Gasteiger partial charge >= 0.3 is 0 Å². The third-order valence-corrected chi connectivity index (χ3v) is 1.80. The summed E-state index contributed by atoms with van der Waals surface area (Å²) in [5.74, 6) is 0. The van der Waals surface area contributed by atoms with Crippen molar-refractivity contribution in [2.45, 2.75) is 52.8 Å². The molecule has 0 radical (unpaired) electrons. The van der Waals surface area contributed by atoms with Gasteiger partial charge < -0.3 is 5.11 Å². The van der Waals surface area contributed by atoms with Crippen LogP contribution in [0.25, 0.3) is 0 Å². The molecule has 0 aliphatic carbocycles. The molecule has 0 aromatic carbocycles. The Kier molecular flexibility index (Phi) is 4.69. The van der Waals surface area contributed by atoms with E-state index in [1.165, 1.54) is 0 Å². The fraction of sp³-hybridized carbons (Fsp3) is 1.00. The lowest BCUT2D eigenvalue weighted by molar-refractivity contribution is 0.0862. The van der Waals surface area contributed by atoms with Crippen LogP contribution in [0.4, 0.5) is 0 Å². The fourth-order valence-electron chi connectivity index (χ4n) is 1.32. The Morgan fingerprint density at radius 2 is 1.36 bits per heavy atom. The minimum atomic E-state index is -0.222. The van der Waals surface area contributed by atoms with E-state index in [1.54, 1.807) is 0 Å². The summed E-state index contributed by atoms with van der Waals surface area (Å²) < 4.78 is 0. The highest BCUT2D eigenvalue weighted by atomic mass is 16.3. The van der Waals surface area contributed by atoms with E-state index in [-0.39, 0.29) is 6.10 Å². The Hall–Kier alpha value is -0.0800. The van der Waals surface area contributed by atoms with Gasteiger partial charge in [0.1, 0.15) is 0 Å². The van der Waals surface area contributed by atoms with Gasteiger partial charge in [0.05, 0.1) is 6.10 Å². The maximum absolute atomic E-state index is 9.18. The van der Waals surface area contributed by atoms with Crippen LogP contribution in [0.2, 0.25) is 0 Å². The molecule has 1 N–H and O–H groups in total. The van der Waals surface area contributed by atoms with E-state index in [0.29, 0.717) is 12.1 Å². The first kappa shape index (κ1) is 10.9. The largest absolute Gasteiger partial charge is 0.392 e. The smallest absolute Gasteiger partial charge is 0.0639 e. The van der Waals surface area contributed by atoms with Crippen molar-refractivity contribution in [2.75, 3.05) is 6.54 Å². The number of hydrogen-bond donors (Lipinski definition) is 1. The van der Waals surface area contributed by atoms with Crippen molar-refractivity contribution in [3.63, 3.8) is 0 Å². The van der Waals surface area contributed by atoms with Crippen molar-refractivity contribution in [3.05, 3.63) is 0 Å². The van der Waals surface area contributed by atoms with Crippen molar-refractivity contribution in [1.82, 2.24) is 4.90 Å². The highest BCUT2D eigenvalue weighted by Gasteiger charge is 2.14. The molecule has 1 atom stereocenters. The summed E-state index contributed by atoms with van der Waals surface area (Å²) in [7, 11) is 0. The Labute approximate surface area is 70.2 Å². The molecule has 0 amide bonds. The highest BCUT2D eigenvalue weighted by Crippen LogP contribution is 2.05. The lowest BCUT2D eigenvalue weighted by Gasteiger charge is -2.31. The van der Waals surface area contributed by atoms with E-state index in [1.807, 2.05) is 6.92 Å². The molecule has 0 rings (SSSR count). The summed E-state index contributed by atoms with van der Waals surface area (Å²) in [6, 6.07) is 1.04. The summed E-state index contributed by atoms with van der Waals surface area (Å²) in [4.78, 5) is 2.28. The molecule has 1 unspecified atom stereocenters. The molecule has 0 saturated carbocycles. The summed E-state index contributed by atoms with van der Waals surface area (Å²) in [5, 5.41) is 9.18. The maximum Gasteiger partial charge on any atom is 0.0639 e. The monoisotopic (exact) mass is 159 g/mol. The van der Waals surface area contributed by atoms with Gasteiger partial charge in [-0.15, -0.1) is 0 Å². The molecular formula is C9H21NO. The lowest BCUT2D eigenvalue weighted by atomic mass is 10.2. The molecule has 11 heavy (non-hydrogen) atoms. The van der Waals surface area contributed by atoms with E-state index in [9.17, 15) is 5.11 Å². The van der Waals surface area contributed by atoms with Gasteiger partial charge in [0, 0.05) is 18.6 Å². The second-order valence-electron chi connectivity index (χ2n) is 3.73. The quantitative estimate of drug-likeness (QED) is 0.671. The van der Waals surface area contributed by atoms with Gasteiger partial charge in [-0.25, -0.2) is 0 Å². The standard InChI is InChI=1S/C9H21NO/c1-7(2)10(8(3)4)6-9(5)11/h7-9,11H,6H2,1-5H3. The zero-order valence-electron chi connectivity index (χ0n) is 8.33. The molecule has 0 fully saturated rings. The normalized spacial score (nSPS) is 15.0. The van der Waals surface area contributed by atoms with E-state index >= 15 is 0 Å². The van der Waals surface area contributed by atoms with Crippen LogP contribution in [0, 0.1) is 0 Å². The zero-order valence-corrected chi connectivity index (χ0v) is 8.33. The SMILES string of the molecule is CC(O)CN(C(C)C)C(C)C.